The minimum absolute atomic E-state index is 0.0723. The summed E-state index contributed by atoms with van der Waals surface area (Å²) in [6.07, 6.45) is 2.35. The van der Waals surface area contributed by atoms with Crippen LogP contribution in [0.4, 0.5) is 17.5 Å². The van der Waals surface area contributed by atoms with E-state index in [9.17, 15) is 8.42 Å². The van der Waals surface area contributed by atoms with E-state index in [-0.39, 0.29) is 4.21 Å². The van der Waals surface area contributed by atoms with E-state index in [0.29, 0.717) is 28.3 Å². The lowest BCUT2D eigenvalue weighted by Crippen LogP contribution is -2.09. The van der Waals surface area contributed by atoms with Crippen LogP contribution in [0.5, 0.6) is 0 Å². The third kappa shape index (κ3) is 3.54. The smallest absolute Gasteiger partial charge is 0.247 e. The number of thiophene rings is 1. The molecule has 0 radical (unpaired) electrons. The Morgan fingerprint density at radius 2 is 2.00 bits per heavy atom. The van der Waals surface area contributed by atoms with Gasteiger partial charge in [0.1, 0.15) is 21.7 Å². The molecule has 136 valence electrons. The molecular weight excluding hydrogens is 374 g/mol. The summed E-state index contributed by atoms with van der Waals surface area (Å²) in [5.74, 6) is 2.87. The number of H-pyrrole nitrogens is 1. The van der Waals surface area contributed by atoms with E-state index in [1.165, 1.54) is 18.9 Å². The van der Waals surface area contributed by atoms with E-state index in [2.05, 4.69) is 30.8 Å². The first-order valence-corrected chi connectivity index (χ1v) is 10.3. The van der Waals surface area contributed by atoms with E-state index in [1.807, 2.05) is 6.07 Å². The molecule has 3 aromatic heterocycles. The van der Waals surface area contributed by atoms with Crippen molar-refractivity contribution in [2.75, 3.05) is 17.7 Å². The molecular formula is C15H17N7O2S2. The molecule has 0 aromatic carbocycles. The minimum atomic E-state index is -3.75. The number of anilines is 3. The number of aromatic amines is 1. The van der Waals surface area contributed by atoms with Crippen LogP contribution in [0.25, 0.3) is 10.7 Å². The minimum Gasteiger partial charge on any atom is -0.373 e. The molecule has 0 unspecified atom stereocenters. The second-order valence-corrected chi connectivity index (χ2v) is 8.85. The van der Waals surface area contributed by atoms with Crippen LogP contribution < -0.4 is 15.8 Å². The van der Waals surface area contributed by atoms with Crippen LogP contribution in [0.1, 0.15) is 24.5 Å². The number of sulfonamides is 1. The van der Waals surface area contributed by atoms with Crippen LogP contribution >= 0.6 is 11.3 Å². The fraction of sp³-hybridized carbons (Fsp3) is 0.267. The Labute approximate surface area is 154 Å². The molecule has 1 aliphatic rings. The maximum Gasteiger partial charge on any atom is 0.247 e. The van der Waals surface area contributed by atoms with Gasteiger partial charge in [0.05, 0.1) is 10.6 Å². The number of aromatic nitrogens is 4. The average molecular weight is 391 g/mol. The highest BCUT2D eigenvalue weighted by molar-refractivity contribution is 7.91. The van der Waals surface area contributed by atoms with Crippen molar-refractivity contribution in [1.29, 1.82) is 0 Å². The molecule has 1 saturated carbocycles. The van der Waals surface area contributed by atoms with Crippen molar-refractivity contribution in [3.8, 4) is 10.7 Å². The topological polar surface area (TPSA) is 139 Å². The van der Waals surface area contributed by atoms with E-state index in [4.69, 9.17) is 5.14 Å². The number of nitrogens with one attached hydrogen (secondary N) is 3. The Morgan fingerprint density at radius 1 is 1.23 bits per heavy atom. The number of primary sulfonamides is 1. The molecule has 26 heavy (non-hydrogen) atoms. The summed E-state index contributed by atoms with van der Waals surface area (Å²) in [5.41, 5.74) is 1.05. The lowest BCUT2D eigenvalue weighted by molar-refractivity contribution is 0.600. The molecule has 3 heterocycles. The molecule has 0 spiro atoms. The van der Waals surface area contributed by atoms with E-state index < -0.39 is 10.0 Å². The van der Waals surface area contributed by atoms with Crippen molar-refractivity contribution in [2.45, 2.75) is 23.0 Å². The maximum absolute atomic E-state index is 11.5. The first-order chi connectivity index (χ1) is 12.4. The zero-order chi connectivity index (χ0) is 18.3. The Balaban J connectivity index is 1.65. The van der Waals surface area contributed by atoms with Crippen LogP contribution in [-0.2, 0) is 10.0 Å². The predicted octanol–water partition coefficient (Wildman–Crippen LogP) is 2.24. The van der Waals surface area contributed by atoms with Crippen LogP contribution in [0.3, 0.4) is 0 Å². The molecule has 11 heteroatoms. The first kappa shape index (κ1) is 16.9. The van der Waals surface area contributed by atoms with Crippen molar-refractivity contribution < 1.29 is 8.42 Å². The number of hydrogen-bond donors (Lipinski definition) is 4. The summed E-state index contributed by atoms with van der Waals surface area (Å²) in [5, 5.41) is 18.6. The molecule has 4 rings (SSSR count). The highest BCUT2D eigenvalue weighted by atomic mass is 32.2. The quantitative estimate of drug-likeness (QED) is 0.505. The van der Waals surface area contributed by atoms with Gasteiger partial charge < -0.3 is 10.6 Å². The fourth-order valence-electron chi connectivity index (χ4n) is 2.47. The van der Waals surface area contributed by atoms with Gasteiger partial charge in [-0.3, -0.25) is 5.10 Å². The summed E-state index contributed by atoms with van der Waals surface area (Å²) in [6, 6.07) is 6.83. The van der Waals surface area contributed by atoms with Crippen molar-refractivity contribution in [3.63, 3.8) is 0 Å². The van der Waals surface area contributed by atoms with Gasteiger partial charge in [-0.25, -0.2) is 23.5 Å². The number of hydrogen-bond acceptors (Lipinski definition) is 8. The molecule has 3 aromatic rings. The fourth-order valence-corrected chi connectivity index (χ4v) is 4.13. The lowest BCUT2D eigenvalue weighted by atomic mass is 10.3. The third-order valence-corrected chi connectivity index (χ3v) is 6.44. The van der Waals surface area contributed by atoms with Gasteiger partial charge in [-0.05, 0) is 25.0 Å². The van der Waals surface area contributed by atoms with Crippen LogP contribution in [0.2, 0.25) is 0 Å². The third-order valence-electron chi connectivity index (χ3n) is 3.92. The number of nitrogens with zero attached hydrogens (tertiary/aromatic N) is 3. The number of rotatable bonds is 6. The zero-order valence-electron chi connectivity index (χ0n) is 13.9. The van der Waals surface area contributed by atoms with Gasteiger partial charge in [0.2, 0.25) is 10.0 Å². The van der Waals surface area contributed by atoms with Gasteiger partial charge in [-0.15, -0.1) is 11.3 Å². The summed E-state index contributed by atoms with van der Waals surface area (Å²) >= 11 is 1.03. The summed E-state index contributed by atoms with van der Waals surface area (Å²) in [4.78, 5) is 9.47. The highest BCUT2D eigenvalue weighted by Gasteiger charge is 2.26. The standard InChI is InChI=1S/C15H17N7O2S2/c1-17-11-7-12(18-13-6-9(21-22-13)8-2-3-8)20-15(19-11)10-4-5-14(25-10)26(16,23)24/h4-8H,2-3H2,1H3,(H2,16,23,24)(H3,17,18,19,20,21,22). The molecule has 9 nitrogen and oxygen atoms in total. The second-order valence-electron chi connectivity index (χ2n) is 5.98. The first-order valence-electron chi connectivity index (χ1n) is 7.94. The predicted molar refractivity (Wildman–Crippen MR) is 100 cm³/mol. The normalized spacial score (nSPS) is 14.4. The zero-order valence-corrected chi connectivity index (χ0v) is 15.5. The monoisotopic (exact) mass is 391 g/mol. The maximum atomic E-state index is 11.5. The molecule has 0 aliphatic heterocycles. The van der Waals surface area contributed by atoms with Crippen LogP contribution in [0.15, 0.2) is 28.5 Å². The molecule has 5 N–H and O–H groups in total. The van der Waals surface area contributed by atoms with Gasteiger partial charge in [0, 0.05) is 25.1 Å². The van der Waals surface area contributed by atoms with Crippen molar-refractivity contribution in [2.24, 2.45) is 5.14 Å². The van der Waals surface area contributed by atoms with Crippen molar-refractivity contribution >= 4 is 38.8 Å². The van der Waals surface area contributed by atoms with E-state index in [0.717, 1.165) is 22.8 Å². The SMILES string of the molecule is CNc1cc(Nc2cc(C3CC3)n[nH]2)nc(-c2ccc(S(N)(=O)=O)s2)n1. The van der Waals surface area contributed by atoms with Gasteiger partial charge >= 0.3 is 0 Å². The Morgan fingerprint density at radius 3 is 2.65 bits per heavy atom. The molecule has 0 atom stereocenters. The van der Waals surface area contributed by atoms with E-state index >= 15 is 0 Å². The molecule has 1 aliphatic carbocycles. The van der Waals surface area contributed by atoms with Gasteiger partial charge in [-0.2, -0.15) is 5.10 Å². The van der Waals surface area contributed by atoms with Crippen LogP contribution in [-0.4, -0.2) is 35.6 Å². The molecule has 0 amide bonds. The van der Waals surface area contributed by atoms with Gasteiger partial charge in [0.25, 0.3) is 0 Å². The van der Waals surface area contributed by atoms with E-state index in [1.54, 1.807) is 19.2 Å². The lowest BCUT2D eigenvalue weighted by Gasteiger charge is -2.07. The molecule has 0 bridgehead atoms. The average Bonchev–Trinajstić information content (AvgIpc) is 3.13. The van der Waals surface area contributed by atoms with Crippen molar-refractivity contribution in [3.05, 3.63) is 30.0 Å². The van der Waals surface area contributed by atoms with Gasteiger partial charge in [0.15, 0.2) is 5.82 Å². The van der Waals surface area contributed by atoms with Crippen molar-refractivity contribution in [1.82, 2.24) is 20.2 Å². The number of nitrogens with two attached hydrogens (primary N) is 1. The largest absolute Gasteiger partial charge is 0.373 e. The summed E-state index contributed by atoms with van der Waals surface area (Å²) in [6.45, 7) is 0. The second kappa shape index (κ2) is 6.34. The molecule has 1 fully saturated rings. The molecule has 0 saturated heterocycles. The Hall–Kier alpha value is -2.50. The highest BCUT2D eigenvalue weighted by Crippen LogP contribution is 2.39. The van der Waals surface area contributed by atoms with Crippen LogP contribution in [0, 0.1) is 0 Å². The summed E-state index contributed by atoms with van der Waals surface area (Å²) in [7, 11) is -1.99. The Kier molecular flexibility index (Phi) is 4.13. The summed E-state index contributed by atoms with van der Waals surface area (Å²) < 4.78 is 23.0. The Bertz CT molecular complexity index is 1050. The van der Waals surface area contributed by atoms with Gasteiger partial charge in [-0.1, -0.05) is 0 Å².